The van der Waals surface area contributed by atoms with E-state index in [1.54, 1.807) is 36.4 Å². The van der Waals surface area contributed by atoms with Crippen LogP contribution in [0.2, 0.25) is 0 Å². The number of nitrogens with zero attached hydrogens (tertiary/aromatic N) is 2. The standard InChI is InChI=1S/C28H29BrN4O4S/c1-17-25(30-18(2)26(17)28(35)33-11-9-32(3)10-12-33)15-23-22-14-21(7-8-24(22)31-27(23)34)38(36,37)16-19-5-4-6-20(29)13-19/h4-8,13-15,30H,9-12,16H2,1-3H3,(H,31,34). The van der Waals surface area contributed by atoms with Gasteiger partial charge in [0, 0.05) is 53.3 Å². The number of likely N-dealkylation sites (N-methyl/N-ethyl adjacent to an activating group) is 1. The SMILES string of the molecule is Cc1[nH]c(C=C2C(=O)Nc3ccc(S(=O)(=O)Cc4cccc(Br)c4)cc32)c(C)c1C(=O)N1CCN(C)CC1. The predicted molar refractivity (Wildman–Crippen MR) is 152 cm³/mol. The highest BCUT2D eigenvalue weighted by Crippen LogP contribution is 2.36. The summed E-state index contributed by atoms with van der Waals surface area (Å²) < 4.78 is 27.2. The Morgan fingerprint density at radius 3 is 2.53 bits per heavy atom. The molecule has 10 heteroatoms. The van der Waals surface area contributed by atoms with E-state index in [0.29, 0.717) is 46.7 Å². The first kappa shape index (κ1) is 26.4. The molecule has 3 heterocycles. The third-order valence-electron chi connectivity index (χ3n) is 7.15. The largest absolute Gasteiger partial charge is 0.358 e. The number of rotatable bonds is 5. The van der Waals surface area contributed by atoms with Crippen LogP contribution < -0.4 is 5.32 Å². The Morgan fingerprint density at radius 2 is 1.82 bits per heavy atom. The second kappa shape index (κ2) is 10.2. The van der Waals surface area contributed by atoms with Gasteiger partial charge >= 0.3 is 0 Å². The Hall–Kier alpha value is -3.21. The van der Waals surface area contributed by atoms with Gasteiger partial charge in [-0.05, 0) is 68.4 Å². The minimum absolute atomic E-state index is 0.0220. The van der Waals surface area contributed by atoms with Crippen LogP contribution in [0.3, 0.4) is 0 Å². The van der Waals surface area contributed by atoms with Crippen molar-refractivity contribution in [1.82, 2.24) is 14.8 Å². The molecule has 8 nitrogen and oxygen atoms in total. The van der Waals surface area contributed by atoms with Gasteiger partial charge in [-0.15, -0.1) is 0 Å². The maximum Gasteiger partial charge on any atom is 0.256 e. The summed E-state index contributed by atoms with van der Waals surface area (Å²) in [7, 11) is -1.61. The van der Waals surface area contributed by atoms with Crippen molar-refractivity contribution in [2.45, 2.75) is 24.5 Å². The lowest BCUT2D eigenvalue weighted by atomic mass is 10.0. The number of aryl methyl sites for hydroxylation is 1. The molecule has 1 aromatic heterocycles. The molecule has 0 radical (unpaired) electrons. The normalized spacial score (nSPS) is 17.1. The van der Waals surface area contributed by atoms with Gasteiger partial charge in [-0.1, -0.05) is 28.1 Å². The summed E-state index contributed by atoms with van der Waals surface area (Å²) in [4.78, 5) is 33.7. The first-order valence-electron chi connectivity index (χ1n) is 12.3. The van der Waals surface area contributed by atoms with E-state index in [-0.39, 0.29) is 22.5 Å². The van der Waals surface area contributed by atoms with E-state index < -0.39 is 9.84 Å². The number of benzene rings is 2. The third kappa shape index (κ3) is 5.08. The molecule has 1 fully saturated rings. The van der Waals surface area contributed by atoms with Crippen LogP contribution in [0, 0.1) is 13.8 Å². The van der Waals surface area contributed by atoms with Gasteiger partial charge in [-0.2, -0.15) is 0 Å². The van der Waals surface area contributed by atoms with Crippen molar-refractivity contribution in [1.29, 1.82) is 0 Å². The number of carbonyl (C=O) groups is 2. The topological polar surface area (TPSA) is 103 Å². The zero-order valence-electron chi connectivity index (χ0n) is 21.5. The number of piperazine rings is 1. The molecule has 0 bridgehead atoms. The molecule has 2 aliphatic rings. The Kier molecular flexibility index (Phi) is 7.06. The van der Waals surface area contributed by atoms with Crippen LogP contribution in [0.15, 0.2) is 51.8 Å². The molecule has 3 aromatic rings. The van der Waals surface area contributed by atoms with Gasteiger partial charge in [0.2, 0.25) is 0 Å². The number of hydrogen-bond donors (Lipinski definition) is 2. The predicted octanol–water partition coefficient (Wildman–Crippen LogP) is 4.25. The molecular weight excluding hydrogens is 568 g/mol. The first-order valence-corrected chi connectivity index (χ1v) is 14.8. The molecule has 0 unspecified atom stereocenters. The summed E-state index contributed by atoms with van der Waals surface area (Å²) in [5.41, 5.74) is 4.86. The molecule has 38 heavy (non-hydrogen) atoms. The van der Waals surface area contributed by atoms with Crippen molar-refractivity contribution in [3.05, 3.63) is 80.6 Å². The minimum atomic E-state index is -3.65. The molecule has 0 atom stereocenters. The zero-order chi connectivity index (χ0) is 27.2. The number of aromatic amines is 1. The van der Waals surface area contributed by atoms with Crippen LogP contribution in [0.1, 0.15) is 38.4 Å². The highest BCUT2D eigenvalue weighted by molar-refractivity contribution is 9.10. The van der Waals surface area contributed by atoms with Gasteiger partial charge in [0.25, 0.3) is 11.8 Å². The summed E-state index contributed by atoms with van der Waals surface area (Å²) in [6, 6.07) is 11.9. The lowest BCUT2D eigenvalue weighted by Gasteiger charge is -2.32. The van der Waals surface area contributed by atoms with E-state index in [2.05, 4.69) is 31.1 Å². The Morgan fingerprint density at radius 1 is 1.08 bits per heavy atom. The number of nitrogens with one attached hydrogen (secondary N) is 2. The molecule has 0 saturated carbocycles. The van der Waals surface area contributed by atoms with Crippen molar-refractivity contribution in [2.75, 3.05) is 38.5 Å². The molecule has 1 saturated heterocycles. The second-order valence-corrected chi connectivity index (χ2v) is 12.8. The quantitative estimate of drug-likeness (QED) is 0.429. The number of amides is 2. The van der Waals surface area contributed by atoms with Crippen LogP contribution in [-0.4, -0.2) is 68.2 Å². The lowest BCUT2D eigenvalue weighted by Crippen LogP contribution is -2.47. The van der Waals surface area contributed by atoms with E-state index >= 15 is 0 Å². The average molecular weight is 598 g/mol. The summed E-state index contributed by atoms with van der Waals surface area (Å²) in [6.45, 7) is 6.72. The Balaban J connectivity index is 1.47. The molecule has 198 valence electrons. The van der Waals surface area contributed by atoms with Crippen molar-refractivity contribution in [2.24, 2.45) is 0 Å². The maximum absolute atomic E-state index is 13.3. The van der Waals surface area contributed by atoms with E-state index in [4.69, 9.17) is 0 Å². The fourth-order valence-electron chi connectivity index (χ4n) is 4.98. The van der Waals surface area contributed by atoms with Gasteiger partial charge in [-0.3, -0.25) is 9.59 Å². The number of aromatic nitrogens is 1. The third-order valence-corrected chi connectivity index (χ3v) is 9.33. The monoisotopic (exact) mass is 596 g/mol. The van der Waals surface area contributed by atoms with Gasteiger partial charge in [0.15, 0.2) is 9.84 Å². The molecule has 2 amide bonds. The van der Waals surface area contributed by atoms with Gasteiger partial charge in [0.1, 0.15) is 0 Å². The molecular formula is C28H29BrN4O4S. The van der Waals surface area contributed by atoms with E-state index in [9.17, 15) is 18.0 Å². The molecule has 0 aliphatic carbocycles. The summed E-state index contributed by atoms with van der Waals surface area (Å²) >= 11 is 3.38. The Bertz CT molecular complexity index is 1580. The first-order chi connectivity index (χ1) is 18.0. The number of H-pyrrole nitrogens is 1. The second-order valence-electron chi connectivity index (χ2n) is 9.87. The summed E-state index contributed by atoms with van der Waals surface area (Å²) in [5.74, 6) is -0.496. The van der Waals surface area contributed by atoms with Gasteiger partial charge < -0.3 is 20.1 Å². The number of anilines is 1. The van der Waals surface area contributed by atoms with Crippen molar-refractivity contribution < 1.29 is 18.0 Å². The van der Waals surface area contributed by atoms with Crippen molar-refractivity contribution >= 4 is 54.9 Å². The van der Waals surface area contributed by atoms with Crippen LogP contribution in [0.4, 0.5) is 5.69 Å². The molecule has 5 rings (SSSR count). The fourth-order valence-corrected chi connectivity index (χ4v) is 6.79. The average Bonchev–Trinajstić information content (AvgIpc) is 3.33. The number of sulfone groups is 1. The molecule has 2 N–H and O–H groups in total. The number of fused-ring (bicyclic) bond motifs is 1. The van der Waals surface area contributed by atoms with Gasteiger partial charge in [0.05, 0.1) is 21.8 Å². The van der Waals surface area contributed by atoms with Crippen molar-refractivity contribution in [3.8, 4) is 0 Å². The number of halogens is 1. The highest BCUT2D eigenvalue weighted by atomic mass is 79.9. The van der Waals surface area contributed by atoms with Crippen LogP contribution in [0.25, 0.3) is 11.6 Å². The fraction of sp³-hybridized carbons (Fsp3) is 0.286. The van der Waals surface area contributed by atoms with Crippen LogP contribution >= 0.6 is 15.9 Å². The number of carbonyl (C=O) groups excluding carboxylic acids is 2. The maximum atomic E-state index is 13.3. The highest BCUT2D eigenvalue weighted by Gasteiger charge is 2.29. The zero-order valence-corrected chi connectivity index (χ0v) is 23.9. The smallest absolute Gasteiger partial charge is 0.256 e. The molecule has 2 aliphatic heterocycles. The van der Waals surface area contributed by atoms with Crippen LogP contribution in [0.5, 0.6) is 0 Å². The summed E-state index contributed by atoms with van der Waals surface area (Å²) in [6.07, 6.45) is 1.70. The Labute approximate surface area is 230 Å². The molecule has 0 spiro atoms. The van der Waals surface area contributed by atoms with Crippen LogP contribution in [-0.2, 0) is 20.4 Å². The van der Waals surface area contributed by atoms with E-state index in [1.165, 1.54) is 6.07 Å². The molecule has 2 aromatic carbocycles. The van der Waals surface area contributed by atoms with Gasteiger partial charge in [-0.25, -0.2) is 8.42 Å². The van der Waals surface area contributed by atoms with E-state index in [0.717, 1.165) is 28.8 Å². The summed E-state index contributed by atoms with van der Waals surface area (Å²) in [5, 5.41) is 2.82. The minimum Gasteiger partial charge on any atom is -0.358 e. The number of hydrogen-bond acceptors (Lipinski definition) is 5. The van der Waals surface area contributed by atoms with E-state index in [1.807, 2.05) is 31.9 Å². The van der Waals surface area contributed by atoms with Crippen molar-refractivity contribution in [3.63, 3.8) is 0 Å². The lowest BCUT2D eigenvalue weighted by molar-refractivity contribution is -0.110.